The molecule has 1 fully saturated rings. The zero-order valence-electron chi connectivity index (χ0n) is 12.8. The van der Waals surface area contributed by atoms with E-state index in [0.717, 1.165) is 38.3 Å². The van der Waals surface area contributed by atoms with Crippen molar-refractivity contribution in [3.05, 3.63) is 29.8 Å². The molecule has 3 N–H and O–H groups in total. The summed E-state index contributed by atoms with van der Waals surface area (Å²) in [6.07, 6.45) is 0.683. The summed E-state index contributed by atoms with van der Waals surface area (Å²) in [6.45, 7) is 5.88. The van der Waals surface area contributed by atoms with Gasteiger partial charge in [0.05, 0.1) is 6.04 Å². The van der Waals surface area contributed by atoms with E-state index >= 15 is 0 Å². The zero-order valence-corrected chi connectivity index (χ0v) is 14.4. The van der Waals surface area contributed by atoms with Gasteiger partial charge in [0.2, 0.25) is 5.91 Å². The maximum atomic E-state index is 12.0. The molecule has 2 rings (SSSR count). The molecule has 5 nitrogen and oxygen atoms in total. The van der Waals surface area contributed by atoms with Gasteiger partial charge in [0.15, 0.2) is 0 Å². The highest BCUT2D eigenvalue weighted by atomic mass is 35.5. The largest absolute Gasteiger partial charge is 0.508 e. The van der Waals surface area contributed by atoms with Crippen LogP contribution >= 0.6 is 24.8 Å². The summed E-state index contributed by atoms with van der Waals surface area (Å²) < 4.78 is 0. The van der Waals surface area contributed by atoms with Crippen molar-refractivity contribution < 1.29 is 9.90 Å². The minimum atomic E-state index is -0.368. The van der Waals surface area contributed by atoms with E-state index in [2.05, 4.69) is 4.90 Å². The predicted molar refractivity (Wildman–Crippen MR) is 92.7 cm³/mol. The number of phenols is 1. The second kappa shape index (κ2) is 9.90. The number of carbonyl (C=O) groups is 1. The molecule has 0 bridgehead atoms. The minimum absolute atomic E-state index is 0. The van der Waals surface area contributed by atoms with E-state index in [0.29, 0.717) is 12.2 Å². The van der Waals surface area contributed by atoms with Crippen LogP contribution in [0.3, 0.4) is 0 Å². The highest BCUT2D eigenvalue weighted by Crippen LogP contribution is 2.14. The molecule has 1 amide bonds. The number of hydrogen-bond acceptors (Lipinski definition) is 4. The Morgan fingerprint density at radius 3 is 2.45 bits per heavy atom. The third-order valence-corrected chi connectivity index (χ3v) is 3.76. The summed E-state index contributed by atoms with van der Waals surface area (Å²) in [5.74, 6) is 0.356. The number of rotatable bonds is 4. The van der Waals surface area contributed by atoms with E-state index in [1.165, 1.54) is 0 Å². The lowest BCUT2D eigenvalue weighted by Gasteiger charge is -2.35. The Bertz CT molecular complexity index is 466. The quantitative estimate of drug-likeness (QED) is 0.866. The lowest BCUT2D eigenvalue weighted by atomic mass is 10.1. The molecule has 0 saturated carbocycles. The van der Waals surface area contributed by atoms with Crippen LogP contribution in [-0.4, -0.2) is 53.0 Å². The molecule has 1 aromatic carbocycles. The van der Waals surface area contributed by atoms with E-state index in [-0.39, 0.29) is 36.8 Å². The lowest BCUT2D eigenvalue weighted by molar-refractivity contribution is -0.134. The molecule has 0 unspecified atom stereocenters. The van der Waals surface area contributed by atoms with Gasteiger partial charge in [-0.05, 0) is 24.1 Å². The molecular formula is C15H25Cl2N3O2. The van der Waals surface area contributed by atoms with Crippen molar-refractivity contribution >= 4 is 30.7 Å². The second-order valence-corrected chi connectivity index (χ2v) is 5.29. The molecule has 1 aliphatic rings. The van der Waals surface area contributed by atoms with Crippen molar-refractivity contribution in [2.45, 2.75) is 25.9 Å². The number of nitrogens with two attached hydrogens (primary N) is 1. The number of hydrogen-bond donors (Lipinski definition) is 2. The van der Waals surface area contributed by atoms with E-state index < -0.39 is 0 Å². The van der Waals surface area contributed by atoms with E-state index in [9.17, 15) is 9.90 Å². The summed E-state index contributed by atoms with van der Waals surface area (Å²) in [5, 5.41) is 9.46. The third-order valence-electron chi connectivity index (χ3n) is 3.76. The van der Waals surface area contributed by atoms with Gasteiger partial charge in [-0.25, -0.2) is 0 Å². The lowest BCUT2D eigenvalue weighted by Crippen LogP contribution is -2.52. The fourth-order valence-electron chi connectivity index (χ4n) is 2.45. The molecule has 0 aromatic heterocycles. The van der Waals surface area contributed by atoms with E-state index in [4.69, 9.17) is 5.73 Å². The summed E-state index contributed by atoms with van der Waals surface area (Å²) in [6, 6.07) is 6.94. The molecule has 1 aromatic rings. The van der Waals surface area contributed by atoms with Gasteiger partial charge in [0.1, 0.15) is 5.75 Å². The Morgan fingerprint density at radius 1 is 1.27 bits per heavy atom. The predicted octanol–water partition coefficient (Wildman–Crippen LogP) is 1.62. The van der Waals surface area contributed by atoms with Crippen LogP contribution in [0.25, 0.3) is 0 Å². The maximum Gasteiger partial charge on any atom is 0.239 e. The average molecular weight is 350 g/mol. The smallest absolute Gasteiger partial charge is 0.239 e. The average Bonchev–Trinajstić information content (AvgIpc) is 2.46. The second-order valence-electron chi connectivity index (χ2n) is 5.29. The van der Waals surface area contributed by atoms with Crippen LogP contribution in [0.2, 0.25) is 0 Å². The number of amides is 1. The number of piperazine rings is 1. The molecule has 1 atom stereocenters. The van der Waals surface area contributed by atoms with Crippen LogP contribution in [-0.2, 0) is 11.3 Å². The first-order valence-electron chi connectivity index (χ1n) is 7.14. The molecule has 0 aliphatic carbocycles. The SMILES string of the molecule is CC[C@H](N)C(=O)N1CCN(Cc2cccc(O)c2)CC1.Cl.Cl. The van der Waals surface area contributed by atoms with Gasteiger partial charge in [-0.15, -0.1) is 24.8 Å². The number of phenolic OH excluding ortho intramolecular Hbond substituents is 1. The van der Waals surface area contributed by atoms with Crippen LogP contribution in [0, 0.1) is 0 Å². The van der Waals surface area contributed by atoms with Gasteiger partial charge < -0.3 is 15.7 Å². The van der Waals surface area contributed by atoms with E-state index in [1.54, 1.807) is 12.1 Å². The zero-order chi connectivity index (χ0) is 14.5. The third kappa shape index (κ3) is 5.65. The Kier molecular flexibility index (Phi) is 9.44. The van der Waals surface area contributed by atoms with Crippen LogP contribution < -0.4 is 5.73 Å². The monoisotopic (exact) mass is 349 g/mol. The van der Waals surface area contributed by atoms with Crippen molar-refractivity contribution in [3.8, 4) is 5.75 Å². The van der Waals surface area contributed by atoms with Crippen LogP contribution in [0.15, 0.2) is 24.3 Å². The van der Waals surface area contributed by atoms with E-state index in [1.807, 2.05) is 24.0 Å². The van der Waals surface area contributed by atoms with Crippen molar-refractivity contribution in [1.29, 1.82) is 0 Å². The topological polar surface area (TPSA) is 69.8 Å². The van der Waals surface area contributed by atoms with Gasteiger partial charge >= 0.3 is 0 Å². The van der Waals surface area contributed by atoms with Crippen molar-refractivity contribution in [1.82, 2.24) is 9.80 Å². The van der Waals surface area contributed by atoms with Crippen LogP contribution in [0.1, 0.15) is 18.9 Å². The highest BCUT2D eigenvalue weighted by Gasteiger charge is 2.24. The van der Waals surface area contributed by atoms with Crippen molar-refractivity contribution in [3.63, 3.8) is 0 Å². The number of halogens is 2. The molecule has 22 heavy (non-hydrogen) atoms. The number of aromatic hydroxyl groups is 1. The van der Waals surface area contributed by atoms with Gasteiger partial charge in [-0.1, -0.05) is 19.1 Å². The molecule has 0 spiro atoms. The molecule has 126 valence electrons. The first-order chi connectivity index (χ1) is 9.60. The Balaban J connectivity index is 0.00000220. The molecule has 1 aliphatic heterocycles. The minimum Gasteiger partial charge on any atom is -0.508 e. The molecular weight excluding hydrogens is 325 g/mol. The fourth-order valence-corrected chi connectivity index (χ4v) is 2.45. The molecule has 7 heteroatoms. The number of benzene rings is 1. The Labute approximate surface area is 144 Å². The summed E-state index contributed by atoms with van der Waals surface area (Å²) in [5.41, 5.74) is 6.88. The molecule has 0 radical (unpaired) electrons. The Hall–Kier alpha value is -1.01. The summed E-state index contributed by atoms with van der Waals surface area (Å²) in [4.78, 5) is 16.1. The molecule has 1 heterocycles. The first kappa shape index (κ1) is 21.0. The van der Waals surface area contributed by atoms with Gasteiger partial charge in [0.25, 0.3) is 0 Å². The summed E-state index contributed by atoms with van der Waals surface area (Å²) in [7, 11) is 0. The van der Waals surface area contributed by atoms with Crippen LogP contribution in [0.4, 0.5) is 0 Å². The normalized spacial score (nSPS) is 16.4. The van der Waals surface area contributed by atoms with Gasteiger partial charge in [-0.2, -0.15) is 0 Å². The fraction of sp³-hybridized carbons (Fsp3) is 0.533. The number of carbonyl (C=O) groups excluding carboxylic acids is 1. The van der Waals surface area contributed by atoms with Gasteiger partial charge in [0, 0.05) is 32.7 Å². The highest BCUT2D eigenvalue weighted by molar-refractivity contribution is 5.85. The van der Waals surface area contributed by atoms with Crippen LogP contribution in [0.5, 0.6) is 5.75 Å². The summed E-state index contributed by atoms with van der Waals surface area (Å²) >= 11 is 0. The Morgan fingerprint density at radius 2 is 1.91 bits per heavy atom. The van der Waals surface area contributed by atoms with Gasteiger partial charge in [-0.3, -0.25) is 9.69 Å². The standard InChI is InChI=1S/C15H23N3O2.2ClH/c1-2-14(16)15(20)18-8-6-17(7-9-18)11-12-4-3-5-13(19)10-12;;/h3-5,10,14,19H,2,6-9,11,16H2,1H3;2*1H/t14-;;/m0../s1. The maximum absolute atomic E-state index is 12.0. The van der Waals surface area contributed by atoms with Crippen molar-refractivity contribution in [2.75, 3.05) is 26.2 Å². The first-order valence-corrected chi connectivity index (χ1v) is 7.14. The molecule has 1 saturated heterocycles. The van der Waals surface area contributed by atoms with Crippen molar-refractivity contribution in [2.24, 2.45) is 5.73 Å². The number of nitrogens with zero attached hydrogens (tertiary/aromatic N) is 2.